The van der Waals surface area contributed by atoms with Crippen molar-refractivity contribution in [3.63, 3.8) is 0 Å². The van der Waals surface area contributed by atoms with E-state index in [9.17, 15) is 31.5 Å². The van der Waals surface area contributed by atoms with E-state index < -0.39 is 40.6 Å². The average molecular weight is 548 g/mol. The molecule has 0 amide bonds. The molecule has 3 aromatic rings. The third-order valence-corrected chi connectivity index (χ3v) is 6.42. The minimum absolute atomic E-state index is 0.113. The maximum Gasteiger partial charge on any atom is 0.490 e. The second-order valence-electron chi connectivity index (χ2n) is 6.75. The van der Waals surface area contributed by atoms with E-state index in [4.69, 9.17) is 32.8 Å². The molecule has 2 aromatic carbocycles. The number of fused-ring (bicyclic) bond motifs is 1. The maximum absolute atomic E-state index is 13.2. The SMILES string of the molecule is N=C(N)N(Cl)c1cncc2cc(S(=O)(=O)N(CC(=O)O)c3ccccc3)ccc12.O=C(O)C(F)(F)F. The van der Waals surface area contributed by atoms with E-state index >= 15 is 0 Å². The number of carbonyl (C=O) groups is 2. The van der Waals surface area contributed by atoms with Gasteiger partial charge in [0.1, 0.15) is 6.54 Å². The van der Waals surface area contributed by atoms with Gasteiger partial charge in [0.05, 0.1) is 22.5 Å². The highest BCUT2D eigenvalue weighted by atomic mass is 35.5. The number of carboxylic acids is 2. The summed E-state index contributed by atoms with van der Waals surface area (Å²) in [6, 6.07) is 12.2. The third-order valence-electron chi connectivity index (χ3n) is 4.29. The predicted molar refractivity (Wildman–Crippen MR) is 124 cm³/mol. The summed E-state index contributed by atoms with van der Waals surface area (Å²) in [5, 5.41) is 24.7. The number of guanidine groups is 1. The fourth-order valence-electron chi connectivity index (χ4n) is 2.74. The Labute approximate surface area is 206 Å². The summed E-state index contributed by atoms with van der Waals surface area (Å²) in [5.74, 6) is -4.47. The fraction of sp³-hybridized carbons (Fsp3) is 0.100. The molecule has 0 radical (unpaired) electrons. The van der Waals surface area contributed by atoms with Crippen LogP contribution in [0.3, 0.4) is 0 Å². The number of alkyl halides is 3. The Morgan fingerprint density at radius 3 is 2.17 bits per heavy atom. The minimum atomic E-state index is -5.08. The lowest BCUT2D eigenvalue weighted by Crippen LogP contribution is -2.35. The molecule has 0 spiro atoms. The van der Waals surface area contributed by atoms with Crippen molar-refractivity contribution in [2.24, 2.45) is 5.73 Å². The molecule has 1 heterocycles. The maximum atomic E-state index is 13.2. The Morgan fingerprint density at radius 2 is 1.67 bits per heavy atom. The summed E-state index contributed by atoms with van der Waals surface area (Å²) in [4.78, 5) is 24.1. The van der Waals surface area contributed by atoms with E-state index in [0.29, 0.717) is 16.5 Å². The van der Waals surface area contributed by atoms with Crippen LogP contribution in [-0.4, -0.2) is 54.2 Å². The van der Waals surface area contributed by atoms with Gasteiger partial charge in [0.25, 0.3) is 10.0 Å². The molecule has 16 heteroatoms. The molecule has 5 N–H and O–H groups in total. The molecule has 0 aliphatic carbocycles. The second-order valence-corrected chi connectivity index (χ2v) is 8.95. The number of hydrogen-bond acceptors (Lipinski definition) is 6. The number of carboxylic acid groups (broad SMARTS) is 2. The van der Waals surface area contributed by atoms with Gasteiger partial charge in [-0.1, -0.05) is 24.3 Å². The lowest BCUT2D eigenvalue weighted by atomic mass is 10.1. The minimum Gasteiger partial charge on any atom is -0.480 e. The number of benzene rings is 2. The van der Waals surface area contributed by atoms with Crippen molar-refractivity contribution >= 4 is 61.8 Å². The average Bonchev–Trinajstić information content (AvgIpc) is 2.81. The standard InChI is InChI=1S/C18H16ClN5O4S.C2HF3O2/c19-24(18(20)21)16-10-22-9-12-8-14(6-7-15(12)16)29(27,28)23(11-17(25)26)13-4-2-1-3-5-13;3-2(4,5)1(6)7/h1-10H,11H2,(H3,20,21)(H,25,26);(H,6,7). The topological polar surface area (TPSA) is 178 Å². The molecule has 11 nitrogen and oxygen atoms in total. The van der Waals surface area contributed by atoms with Crippen molar-refractivity contribution in [1.29, 1.82) is 5.41 Å². The van der Waals surface area contributed by atoms with E-state index in [0.717, 1.165) is 8.72 Å². The highest BCUT2D eigenvalue weighted by molar-refractivity contribution is 7.92. The molecule has 36 heavy (non-hydrogen) atoms. The molecule has 0 aliphatic heterocycles. The Bertz CT molecular complexity index is 1390. The normalized spacial score (nSPS) is 11.2. The van der Waals surface area contributed by atoms with E-state index in [1.54, 1.807) is 18.2 Å². The van der Waals surface area contributed by atoms with Gasteiger partial charge in [0.15, 0.2) is 0 Å². The van der Waals surface area contributed by atoms with Crippen LogP contribution in [0.15, 0.2) is 65.8 Å². The summed E-state index contributed by atoms with van der Waals surface area (Å²) in [6.07, 6.45) is -2.25. The first-order valence-electron chi connectivity index (χ1n) is 9.43. The number of nitrogens with two attached hydrogens (primary N) is 1. The van der Waals surface area contributed by atoms with Gasteiger partial charge in [-0.15, -0.1) is 0 Å². The van der Waals surface area contributed by atoms with Crippen LogP contribution in [0.25, 0.3) is 10.8 Å². The number of anilines is 2. The van der Waals surface area contributed by atoms with Crippen molar-refractivity contribution in [3.8, 4) is 0 Å². The van der Waals surface area contributed by atoms with Gasteiger partial charge < -0.3 is 15.9 Å². The fourth-order valence-corrected chi connectivity index (χ4v) is 4.33. The van der Waals surface area contributed by atoms with E-state index in [-0.39, 0.29) is 10.6 Å². The number of nitrogens with zero attached hydrogens (tertiary/aromatic N) is 3. The number of halogens is 4. The zero-order valence-electron chi connectivity index (χ0n) is 17.8. The van der Waals surface area contributed by atoms with Crippen molar-refractivity contribution in [2.75, 3.05) is 15.3 Å². The van der Waals surface area contributed by atoms with E-state index in [2.05, 4.69) is 4.98 Å². The van der Waals surface area contributed by atoms with Crippen LogP contribution in [-0.2, 0) is 19.6 Å². The van der Waals surface area contributed by atoms with Gasteiger partial charge in [-0.2, -0.15) is 13.2 Å². The van der Waals surface area contributed by atoms with Gasteiger partial charge in [0, 0.05) is 28.7 Å². The first kappa shape index (κ1) is 28.1. The van der Waals surface area contributed by atoms with Crippen LogP contribution in [0.4, 0.5) is 24.5 Å². The summed E-state index contributed by atoms with van der Waals surface area (Å²) in [7, 11) is -4.18. The molecule has 0 saturated heterocycles. The van der Waals surface area contributed by atoms with Gasteiger partial charge in [0.2, 0.25) is 5.96 Å². The summed E-state index contributed by atoms with van der Waals surface area (Å²) in [6.45, 7) is -0.734. The van der Waals surface area contributed by atoms with Crippen LogP contribution in [0.2, 0.25) is 0 Å². The Morgan fingerprint density at radius 1 is 1.08 bits per heavy atom. The number of para-hydroxylation sites is 1. The van der Waals surface area contributed by atoms with E-state index in [1.165, 1.54) is 42.7 Å². The lowest BCUT2D eigenvalue weighted by Gasteiger charge is -2.23. The number of rotatable bonds is 6. The van der Waals surface area contributed by atoms with E-state index in [1.807, 2.05) is 0 Å². The molecular formula is C20H17ClF3N5O6S. The molecule has 0 bridgehead atoms. The number of hydrogen-bond donors (Lipinski definition) is 4. The van der Waals surface area contributed by atoms with Crippen molar-refractivity contribution in [3.05, 3.63) is 60.9 Å². The molecule has 0 saturated carbocycles. The molecule has 0 atom stereocenters. The largest absolute Gasteiger partial charge is 0.490 e. The number of pyridine rings is 1. The van der Waals surface area contributed by atoms with Crippen LogP contribution in [0.1, 0.15) is 0 Å². The summed E-state index contributed by atoms with van der Waals surface area (Å²) < 4.78 is 59.8. The lowest BCUT2D eigenvalue weighted by molar-refractivity contribution is -0.192. The smallest absolute Gasteiger partial charge is 0.480 e. The van der Waals surface area contributed by atoms with Crippen LogP contribution >= 0.6 is 11.8 Å². The Hall–Kier alpha value is -4.11. The first-order chi connectivity index (χ1) is 16.7. The number of sulfonamides is 1. The Kier molecular flexibility index (Phi) is 8.66. The summed E-state index contributed by atoms with van der Waals surface area (Å²) >= 11 is 5.99. The van der Waals surface area contributed by atoms with Gasteiger partial charge in [-0.3, -0.25) is 19.5 Å². The monoisotopic (exact) mass is 547 g/mol. The molecule has 3 rings (SSSR count). The highest BCUT2D eigenvalue weighted by Gasteiger charge is 2.38. The highest BCUT2D eigenvalue weighted by Crippen LogP contribution is 2.30. The van der Waals surface area contributed by atoms with Crippen LogP contribution < -0.4 is 14.5 Å². The molecule has 0 unspecified atom stereocenters. The second kappa shape index (κ2) is 11.1. The third kappa shape index (κ3) is 6.73. The zero-order chi connectivity index (χ0) is 27.3. The van der Waals surface area contributed by atoms with Crippen LogP contribution in [0.5, 0.6) is 0 Å². The quantitative estimate of drug-likeness (QED) is 0.205. The predicted octanol–water partition coefficient (Wildman–Crippen LogP) is 3.00. The first-order valence-corrected chi connectivity index (χ1v) is 11.2. The Balaban J connectivity index is 0.000000572. The molecule has 192 valence electrons. The van der Waals surface area contributed by atoms with Crippen molar-refractivity contribution in [1.82, 2.24) is 4.98 Å². The number of aliphatic carboxylic acids is 2. The molecule has 1 aromatic heterocycles. The number of nitrogens with one attached hydrogen (secondary N) is 1. The molecular weight excluding hydrogens is 531 g/mol. The van der Waals surface area contributed by atoms with Crippen molar-refractivity contribution in [2.45, 2.75) is 11.1 Å². The van der Waals surface area contributed by atoms with Crippen molar-refractivity contribution < 1.29 is 41.4 Å². The molecule has 0 aliphatic rings. The summed E-state index contributed by atoms with van der Waals surface area (Å²) in [5.41, 5.74) is 5.94. The van der Waals surface area contributed by atoms with Crippen LogP contribution in [0, 0.1) is 5.41 Å². The zero-order valence-corrected chi connectivity index (χ0v) is 19.4. The number of aromatic nitrogens is 1. The molecule has 0 fully saturated rings. The van der Waals surface area contributed by atoms with Gasteiger partial charge >= 0.3 is 18.1 Å². The van der Waals surface area contributed by atoms with Gasteiger partial charge in [-0.25, -0.2) is 17.6 Å². The van der Waals surface area contributed by atoms with Gasteiger partial charge in [-0.05, 0) is 24.3 Å².